The first-order chi connectivity index (χ1) is 18.7. The quantitative estimate of drug-likeness (QED) is 0.397. The lowest BCUT2D eigenvalue weighted by Gasteiger charge is -2.27. The molecule has 0 unspecified atom stereocenters. The van der Waals surface area contributed by atoms with Gasteiger partial charge >= 0.3 is 6.09 Å². The Morgan fingerprint density at radius 2 is 1.79 bits per heavy atom. The molecular formula is C30H32N6O3. The standard InChI is InChI=1S/C30H32N6O3/c1-30(2,3)39-29(38)34-25(16-20-8-6-5-7-9-20)28(37)36-15-12-23-24(27-32-19-33-35(27)4)17-22(18-26(23)36)21-10-13-31-14-11-21/h5-11,13-14,17-19,25H,12,15-16H2,1-4H3,(H,34,38)/t25-/m0/s1. The summed E-state index contributed by atoms with van der Waals surface area (Å²) in [5.41, 5.74) is 4.92. The summed E-state index contributed by atoms with van der Waals surface area (Å²) in [6.07, 6.45) is 5.39. The average molecular weight is 525 g/mol. The van der Waals surface area contributed by atoms with Gasteiger partial charge in [-0.05, 0) is 73.7 Å². The Labute approximate surface area is 227 Å². The molecule has 0 radical (unpaired) electrons. The molecule has 0 bridgehead atoms. The average Bonchev–Trinajstić information content (AvgIpc) is 3.53. The summed E-state index contributed by atoms with van der Waals surface area (Å²) in [5.74, 6) is 0.531. The predicted molar refractivity (Wildman–Crippen MR) is 149 cm³/mol. The zero-order valence-corrected chi connectivity index (χ0v) is 22.6. The Kier molecular flexibility index (Phi) is 7.15. The molecule has 1 aliphatic rings. The lowest BCUT2D eigenvalue weighted by atomic mass is 9.97. The Morgan fingerprint density at radius 1 is 1.05 bits per heavy atom. The van der Waals surface area contributed by atoms with Crippen LogP contribution in [0.1, 0.15) is 31.9 Å². The van der Waals surface area contributed by atoms with E-state index in [-0.39, 0.29) is 5.91 Å². The van der Waals surface area contributed by atoms with E-state index in [1.165, 1.54) is 6.33 Å². The fourth-order valence-corrected chi connectivity index (χ4v) is 4.87. The van der Waals surface area contributed by atoms with Crippen LogP contribution in [-0.2, 0) is 29.4 Å². The van der Waals surface area contributed by atoms with Crippen molar-refractivity contribution in [2.75, 3.05) is 11.4 Å². The molecule has 2 amide bonds. The minimum atomic E-state index is -0.809. The van der Waals surface area contributed by atoms with Crippen LogP contribution in [0.25, 0.3) is 22.5 Å². The lowest BCUT2D eigenvalue weighted by Crippen LogP contribution is -2.50. The van der Waals surface area contributed by atoms with Crippen LogP contribution >= 0.6 is 0 Å². The first kappa shape index (κ1) is 26.1. The fraction of sp³-hybridized carbons (Fsp3) is 0.300. The molecule has 5 rings (SSSR count). The molecule has 0 saturated heterocycles. The number of hydrogen-bond acceptors (Lipinski definition) is 6. The number of amides is 2. The number of carbonyl (C=O) groups excluding carboxylic acids is 2. The van der Waals surface area contributed by atoms with Crippen molar-refractivity contribution in [3.8, 4) is 22.5 Å². The van der Waals surface area contributed by atoms with E-state index in [1.807, 2.05) is 55.6 Å². The van der Waals surface area contributed by atoms with Crippen molar-refractivity contribution in [1.29, 1.82) is 0 Å². The SMILES string of the molecule is Cn1ncnc1-c1cc(-c2ccncc2)cc2c1CCN2C(=O)[C@H](Cc1ccccc1)NC(=O)OC(C)(C)C. The van der Waals surface area contributed by atoms with E-state index in [4.69, 9.17) is 4.74 Å². The van der Waals surface area contributed by atoms with Gasteiger partial charge in [0.25, 0.3) is 0 Å². The highest BCUT2D eigenvalue weighted by Crippen LogP contribution is 2.40. The van der Waals surface area contributed by atoms with Crippen LogP contribution in [0.3, 0.4) is 0 Å². The normalized spacial score (nSPS) is 13.6. The third kappa shape index (κ3) is 5.82. The number of nitrogens with one attached hydrogen (secondary N) is 1. The maximum absolute atomic E-state index is 14.1. The number of alkyl carbamates (subject to hydrolysis) is 1. The molecule has 0 fully saturated rings. The fourth-order valence-electron chi connectivity index (χ4n) is 4.87. The summed E-state index contributed by atoms with van der Waals surface area (Å²) in [6.45, 7) is 5.88. The number of carbonyl (C=O) groups is 2. The monoisotopic (exact) mass is 524 g/mol. The van der Waals surface area contributed by atoms with E-state index in [9.17, 15) is 9.59 Å². The highest BCUT2D eigenvalue weighted by Gasteiger charge is 2.34. The Morgan fingerprint density at radius 3 is 2.46 bits per heavy atom. The third-order valence-corrected chi connectivity index (χ3v) is 6.61. The van der Waals surface area contributed by atoms with Crippen molar-refractivity contribution in [1.82, 2.24) is 25.1 Å². The highest BCUT2D eigenvalue weighted by atomic mass is 16.6. The number of nitrogens with zero attached hydrogens (tertiary/aromatic N) is 5. The molecule has 0 aliphatic carbocycles. The summed E-state index contributed by atoms with van der Waals surface area (Å²) in [5, 5.41) is 7.11. The maximum Gasteiger partial charge on any atom is 0.408 e. The Bertz CT molecular complexity index is 1480. The van der Waals surface area contributed by atoms with Gasteiger partial charge in [-0.1, -0.05) is 30.3 Å². The van der Waals surface area contributed by atoms with Crippen LogP contribution in [0.15, 0.2) is 73.3 Å². The van der Waals surface area contributed by atoms with E-state index >= 15 is 0 Å². The summed E-state index contributed by atoms with van der Waals surface area (Å²) < 4.78 is 7.24. The lowest BCUT2D eigenvalue weighted by molar-refractivity contribution is -0.120. The molecule has 200 valence electrons. The molecule has 2 aromatic carbocycles. The van der Waals surface area contributed by atoms with Gasteiger partial charge in [0.15, 0.2) is 5.82 Å². The molecule has 2 aromatic heterocycles. The Hall–Kier alpha value is -4.53. The first-order valence-electron chi connectivity index (χ1n) is 13.0. The van der Waals surface area contributed by atoms with Gasteiger partial charge in [0.05, 0.1) is 0 Å². The number of rotatable bonds is 6. The van der Waals surface area contributed by atoms with Crippen LogP contribution in [0.4, 0.5) is 10.5 Å². The number of fused-ring (bicyclic) bond motifs is 1. The number of aromatic nitrogens is 4. The van der Waals surface area contributed by atoms with Crippen molar-refractivity contribution >= 4 is 17.7 Å². The minimum Gasteiger partial charge on any atom is -0.444 e. The van der Waals surface area contributed by atoms with Crippen molar-refractivity contribution in [2.45, 2.75) is 45.3 Å². The second-order valence-electron chi connectivity index (χ2n) is 10.6. The van der Waals surface area contributed by atoms with Crippen molar-refractivity contribution < 1.29 is 14.3 Å². The van der Waals surface area contributed by atoms with Gasteiger partial charge < -0.3 is 15.0 Å². The summed E-state index contributed by atoms with van der Waals surface area (Å²) in [7, 11) is 1.85. The molecule has 1 N–H and O–H groups in total. The summed E-state index contributed by atoms with van der Waals surface area (Å²) in [4.78, 5) is 37.3. The van der Waals surface area contributed by atoms with Gasteiger partial charge in [-0.2, -0.15) is 5.10 Å². The van der Waals surface area contributed by atoms with E-state index in [2.05, 4.69) is 26.4 Å². The minimum absolute atomic E-state index is 0.195. The number of ether oxygens (including phenoxy) is 1. The van der Waals surface area contributed by atoms with E-state index in [1.54, 1.807) is 42.7 Å². The van der Waals surface area contributed by atoms with Crippen molar-refractivity contribution in [3.63, 3.8) is 0 Å². The number of hydrogen-bond donors (Lipinski definition) is 1. The van der Waals surface area contributed by atoms with Gasteiger partial charge in [-0.15, -0.1) is 0 Å². The molecular weight excluding hydrogens is 492 g/mol. The molecule has 1 aliphatic heterocycles. The van der Waals surface area contributed by atoms with Gasteiger partial charge in [0.1, 0.15) is 18.0 Å². The maximum atomic E-state index is 14.1. The van der Waals surface area contributed by atoms with E-state index in [0.29, 0.717) is 19.4 Å². The van der Waals surface area contributed by atoms with E-state index in [0.717, 1.165) is 39.3 Å². The molecule has 3 heterocycles. The van der Waals surface area contributed by atoms with Crippen LogP contribution in [-0.4, -0.2) is 49.9 Å². The molecule has 4 aromatic rings. The zero-order chi connectivity index (χ0) is 27.6. The molecule has 0 saturated carbocycles. The van der Waals surface area contributed by atoms with Crippen LogP contribution in [0.2, 0.25) is 0 Å². The van der Waals surface area contributed by atoms with Crippen molar-refractivity contribution in [3.05, 3.63) is 84.4 Å². The second-order valence-corrected chi connectivity index (χ2v) is 10.6. The van der Waals surface area contributed by atoms with E-state index < -0.39 is 17.7 Å². The molecule has 39 heavy (non-hydrogen) atoms. The summed E-state index contributed by atoms with van der Waals surface area (Å²) in [6, 6.07) is 16.8. The van der Waals surface area contributed by atoms with Gasteiger partial charge in [0, 0.05) is 43.7 Å². The number of benzene rings is 2. The van der Waals surface area contributed by atoms with Crippen LogP contribution in [0.5, 0.6) is 0 Å². The highest BCUT2D eigenvalue weighted by molar-refractivity contribution is 6.02. The van der Waals surface area contributed by atoms with Crippen LogP contribution < -0.4 is 10.2 Å². The van der Waals surface area contributed by atoms with Crippen LogP contribution in [0, 0.1) is 0 Å². The molecule has 0 spiro atoms. The number of pyridine rings is 1. The smallest absolute Gasteiger partial charge is 0.408 e. The Balaban J connectivity index is 1.54. The number of anilines is 1. The zero-order valence-electron chi connectivity index (χ0n) is 22.6. The van der Waals surface area contributed by atoms with Gasteiger partial charge in [-0.3, -0.25) is 9.78 Å². The van der Waals surface area contributed by atoms with Gasteiger partial charge in [-0.25, -0.2) is 14.5 Å². The summed E-state index contributed by atoms with van der Waals surface area (Å²) >= 11 is 0. The number of aryl methyl sites for hydroxylation is 1. The molecule has 9 heteroatoms. The molecule has 1 atom stereocenters. The predicted octanol–water partition coefficient (Wildman–Crippen LogP) is 4.57. The first-order valence-corrected chi connectivity index (χ1v) is 13.0. The largest absolute Gasteiger partial charge is 0.444 e. The topological polar surface area (TPSA) is 102 Å². The molecule has 9 nitrogen and oxygen atoms in total. The third-order valence-electron chi connectivity index (χ3n) is 6.61. The van der Waals surface area contributed by atoms with Crippen molar-refractivity contribution in [2.24, 2.45) is 7.05 Å². The second kappa shape index (κ2) is 10.7. The van der Waals surface area contributed by atoms with Gasteiger partial charge in [0.2, 0.25) is 5.91 Å².